The Labute approximate surface area is 93.6 Å². The predicted octanol–water partition coefficient (Wildman–Crippen LogP) is 3.27. The van der Waals surface area contributed by atoms with Gasteiger partial charge in [-0.05, 0) is 31.7 Å². The van der Waals surface area contributed by atoms with Crippen molar-refractivity contribution in [3.63, 3.8) is 0 Å². The van der Waals surface area contributed by atoms with Crippen LogP contribution in [0.2, 0.25) is 5.02 Å². The number of rotatable bonds is 3. The summed E-state index contributed by atoms with van der Waals surface area (Å²) in [7, 11) is 0. The maximum atomic E-state index is 13.0. The van der Waals surface area contributed by atoms with Crippen molar-refractivity contribution in [2.45, 2.75) is 25.8 Å². The molecule has 0 radical (unpaired) electrons. The Morgan fingerprint density at radius 3 is 2.80 bits per heavy atom. The topological polar surface area (TPSA) is 38.0 Å². The molecule has 3 N–H and O–H groups in total. The highest BCUT2D eigenvalue weighted by molar-refractivity contribution is 6.31. The highest BCUT2D eigenvalue weighted by atomic mass is 35.5. The van der Waals surface area contributed by atoms with Gasteiger partial charge >= 0.3 is 0 Å². The first-order valence-corrected chi connectivity index (χ1v) is 5.47. The summed E-state index contributed by atoms with van der Waals surface area (Å²) in [5, 5.41) is 3.37. The van der Waals surface area contributed by atoms with E-state index in [4.69, 9.17) is 17.3 Å². The van der Waals surface area contributed by atoms with Gasteiger partial charge in [0.15, 0.2) is 0 Å². The van der Waals surface area contributed by atoms with Crippen LogP contribution in [0, 0.1) is 11.7 Å². The third kappa shape index (κ3) is 2.34. The van der Waals surface area contributed by atoms with Crippen LogP contribution in [0.1, 0.15) is 19.8 Å². The SMILES string of the molecule is CC(Nc1cc(Cl)c(F)cc1N)C1CC1. The summed E-state index contributed by atoms with van der Waals surface area (Å²) >= 11 is 5.69. The van der Waals surface area contributed by atoms with Crippen molar-refractivity contribution in [1.82, 2.24) is 0 Å². The maximum absolute atomic E-state index is 13.0. The Kier molecular flexibility index (Phi) is 2.74. The molecule has 1 unspecified atom stereocenters. The molecule has 0 bridgehead atoms. The fraction of sp³-hybridized carbons (Fsp3) is 0.455. The summed E-state index contributed by atoms with van der Waals surface area (Å²) < 4.78 is 13.0. The predicted molar refractivity (Wildman–Crippen MR) is 61.6 cm³/mol. The summed E-state index contributed by atoms with van der Waals surface area (Å²) in [5.41, 5.74) is 6.83. The number of hydrogen-bond acceptors (Lipinski definition) is 2. The van der Waals surface area contributed by atoms with E-state index in [2.05, 4.69) is 12.2 Å². The molecule has 1 saturated carbocycles. The molecule has 15 heavy (non-hydrogen) atoms. The second kappa shape index (κ2) is 3.89. The molecule has 2 rings (SSSR count). The summed E-state index contributed by atoms with van der Waals surface area (Å²) in [6.07, 6.45) is 2.51. The van der Waals surface area contributed by atoms with Gasteiger partial charge in [-0.15, -0.1) is 0 Å². The average Bonchev–Trinajstić information content (AvgIpc) is 2.97. The van der Waals surface area contributed by atoms with Crippen molar-refractivity contribution in [2.24, 2.45) is 5.92 Å². The minimum Gasteiger partial charge on any atom is -0.397 e. The average molecular weight is 229 g/mol. The molecule has 1 aromatic rings. The van der Waals surface area contributed by atoms with Crippen LogP contribution in [-0.4, -0.2) is 6.04 Å². The lowest BCUT2D eigenvalue weighted by atomic mass is 10.2. The lowest BCUT2D eigenvalue weighted by Gasteiger charge is -2.16. The fourth-order valence-corrected chi connectivity index (χ4v) is 1.81. The van der Waals surface area contributed by atoms with Crippen molar-refractivity contribution < 1.29 is 4.39 Å². The first-order valence-electron chi connectivity index (χ1n) is 5.09. The molecule has 0 saturated heterocycles. The first-order chi connectivity index (χ1) is 7.08. The van der Waals surface area contributed by atoms with E-state index in [1.165, 1.54) is 18.9 Å². The third-order valence-corrected chi connectivity index (χ3v) is 3.09. The Hall–Kier alpha value is -0.960. The van der Waals surface area contributed by atoms with Crippen molar-refractivity contribution in [3.8, 4) is 0 Å². The zero-order chi connectivity index (χ0) is 11.0. The smallest absolute Gasteiger partial charge is 0.143 e. The molecule has 0 heterocycles. The molecule has 1 aliphatic rings. The molecule has 1 atom stereocenters. The molecule has 0 aromatic heterocycles. The van der Waals surface area contributed by atoms with Gasteiger partial charge in [-0.1, -0.05) is 11.6 Å². The monoisotopic (exact) mass is 228 g/mol. The van der Waals surface area contributed by atoms with Crippen LogP contribution in [0.3, 0.4) is 0 Å². The number of nitrogens with one attached hydrogen (secondary N) is 1. The van der Waals surface area contributed by atoms with Crippen molar-refractivity contribution >= 4 is 23.0 Å². The molecule has 2 nitrogen and oxygen atoms in total. The zero-order valence-electron chi connectivity index (χ0n) is 8.56. The molecule has 0 spiro atoms. The molecule has 0 amide bonds. The van der Waals surface area contributed by atoms with Crippen molar-refractivity contribution in [3.05, 3.63) is 23.0 Å². The number of anilines is 2. The normalized spacial score (nSPS) is 17.5. The highest BCUT2D eigenvalue weighted by Crippen LogP contribution is 2.35. The number of benzene rings is 1. The molecule has 1 aromatic carbocycles. The summed E-state index contributed by atoms with van der Waals surface area (Å²) in [6, 6.07) is 3.17. The van der Waals surface area contributed by atoms with Gasteiger partial charge in [-0.25, -0.2) is 4.39 Å². The van der Waals surface area contributed by atoms with Crippen LogP contribution in [0.5, 0.6) is 0 Å². The maximum Gasteiger partial charge on any atom is 0.143 e. The van der Waals surface area contributed by atoms with Crippen molar-refractivity contribution in [1.29, 1.82) is 0 Å². The van der Waals surface area contributed by atoms with Crippen LogP contribution in [0.25, 0.3) is 0 Å². The quantitative estimate of drug-likeness (QED) is 0.780. The van der Waals surface area contributed by atoms with Gasteiger partial charge in [0, 0.05) is 12.1 Å². The van der Waals surface area contributed by atoms with E-state index in [-0.39, 0.29) is 5.02 Å². The van der Waals surface area contributed by atoms with Crippen LogP contribution in [0.4, 0.5) is 15.8 Å². The van der Waals surface area contributed by atoms with Gasteiger partial charge in [0.05, 0.1) is 16.4 Å². The van der Waals surface area contributed by atoms with E-state index in [9.17, 15) is 4.39 Å². The molecule has 82 valence electrons. The van der Waals surface area contributed by atoms with E-state index in [1.807, 2.05) is 0 Å². The molecule has 1 fully saturated rings. The number of nitrogen functional groups attached to an aromatic ring is 1. The standard InChI is InChI=1S/C11H14ClFN2/c1-6(7-2-3-7)15-11-4-8(12)9(13)5-10(11)14/h4-7,15H,2-3,14H2,1H3. The number of nitrogens with two attached hydrogens (primary N) is 1. The number of hydrogen-bond donors (Lipinski definition) is 2. The molecule has 4 heteroatoms. The Morgan fingerprint density at radius 1 is 1.53 bits per heavy atom. The largest absolute Gasteiger partial charge is 0.397 e. The van der Waals surface area contributed by atoms with E-state index < -0.39 is 5.82 Å². The second-order valence-electron chi connectivity index (χ2n) is 4.12. The van der Waals surface area contributed by atoms with Gasteiger partial charge in [-0.3, -0.25) is 0 Å². The molecular weight excluding hydrogens is 215 g/mol. The fourth-order valence-electron chi connectivity index (χ4n) is 1.65. The van der Waals surface area contributed by atoms with Gasteiger partial charge in [-0.2, -0.15) is 0 Å². The lowest BCUT2D eigenvalue weighted by Crippen LogP contribution is -2.18. The Balaban J connectivity index is 2.16. The van der Waals surface area contributed by atoms with E-state index in [0.717, 1.165) is 5.69 Å². The highest BCUT2D eigenvalue weighted by Gasteiger charge is 2.28. The lowest BCUT2D eigenvalue weighted by molar-refractivity contribution is 0.628. The summed E-state index contributed by atoms with van der Waals surface area (Å²) in [4.78, 5) is 0. The minimum absolute atomic E-state index is 0.106. The van der Waals surface area contributed by atoms with E-state index in [1.54, 1.807) is 6.07 Å². The van der Waals surface area contributed by atoms with Crippen LogP contribution < -0.4 is 11.1 Å². The first kappa shape index (κ1) is 10.6. The Morgan fingerprint density at radius 2 is 2.20 bits per heavy atom. The summed E-state index contributed by atoms with van der Waals surface area (Å²) in [5.74, 6) is 0.243. The van der Waals surface area contributed by atoms with E-state index in [0.29, 0.717) is 17.6 Å². The Bertz CT molecular complexity index is 377. The molecular formula is C11H14ClFN2. The van der Waals surface area contributed by atoms with Crippen molar-refractivity contribution in [2.75, 3.05) is 11.1 Å². The molecule has 0 aliphatic heterocycles. The van der Waals surface area contributed by atoms with Crippen LogP contribution in [0.15, 0.2) is 12.1 Å². The van der Waals surface area contributed by atoms with Gasteiger partial charge in [0.2, 0.25) is 0 Å². The second-order valence-corrected chi connectivity index (χ2v) is 4.53. The van der Waals surface area contributed by atoms with Gasteiger partial charge in [0.25, 0.3) is 0 Å². The minimum atomic E-state index is -0.473. The molecule has 1 aliphatic carbocycles. The van der Waals surface area contributed by atoms with E-state index >= 15 is 0 Å². The van der Waals surface area contributed by atoms with Gasteiger partial charge < -0.3 is 11.1 Å². The summed E-state index contributed by atoms with van der Waals surface area (Å²) in [6.45, 7) is 2.11. The number of halogens is 2. The van der Waals surface area contributed by atoms with Gasteiger partial charge in [0.1, 0.15) is 5.82 Å². The third-order valence-electron chi connectivity index (χ3n) is 2.80. The van der Waals surface area contributed by atoms with Crippen LogP contribution in [-0.2, 0) is 0 Å². The zero-order valence-corrected chi connectivity index (χ0v) is 9.31. The van der Waals surface area contributed by atoms with Crippen LogP contribution >= 0.6 is 11.6 Å².